The van der Waals surface area contributed by atoms with Crippen molar-refractivity contribution in [3.63, 3.8) is 0 Å². The van der Waals surface area contributed by atoms with Crippen LogP contribution < -0.4 is 0 Å². The topological polar surface area (TPSA) is 80.6 Å². The van der Waals surface area contributed by atoms with Crippen LogP contribution in [0, 0.1) is 0 Å². The smallest absolute Gasteiger partial charge is 0.0517 e. The summed E-state index contributed by atoms with van der Waals surface area (Å²) < 4.78 is 0. The van der Waals surface area contributed by atoms with Gasteiger partial charge in [0.15, 0.2) is 0 Å². The number of nitrogens with zero attached hydrogens (tertiary/aromatic N) is 8. The van der Waals surface area contributed by atoms with Gasteiger partial charge in [-0.1, -0.05) is 0 Å². The van der Waals surface area contributed by atoms with Gasteiger partial charge in [0.1, 0.15) is 0 Å². The Balaban J connectivity index is 2.08. The largest absolute Gasteiger partial charge is 0.298 e. The van der Waals surface area contributed by atoms with Crippen molar-refractivity contribution in [1.29, 1.82) is 0 Å². The van der Waals surface area contributed by atoms with E-state index in [1.54, 1.807) is 37.3 Å². The highest BCUT2D eigenvalue weighted by Crippen LogP contribution is 1.92. The molecule has 3 aliphatic heterocycles. The van der Waals surface area contributed by atoms with Crippen LogP contribution >= 0.6 is 0 Å². The molecule has 0 saturated carbocycles. The molecular formula is C18H30N8. The third-order valence-corrected chi connectivity index (χ3v) is 4.10. The van der Waals surface area contributed by atoms with Crippen LogP contribution in [0.15, 0.2) is 30.0 Å². The zero-order chi connectivity index (χ0) is 18.1. The normalized spacial score (nSPS) is 34.2. The summed E-state index contributed by atoms with van der Waals surface area (Å²) in [5.41, 5.74) is 0. The van der Waals surface area contributed by atoms with Gasteiger partial charge in [-0.15, -0.1) is 0 Å². The average molecular weight is 358 g/mol. The van der Waals surface area contributed by atoms with Crippen LogP contribution in [-0.2, 0) is 0 Å². The molecule has 0 aliphatic carbocycles. The van der Waals surface area contributed by atoms with Crippen LogP contribution in [0.4, 0.5) is 0 Å². The van der Waals surface area contributed by atoms with E-state index in [2.05, 4.69) is 39.8 Å². The van der Waals surface area contributed by atoms with Crippen LogP contribution in [0.25, 0.3) is 0 Å². The van der Waals surface area contributed by atoms with Crippen LogP contribution in [0.2, 0.25) is 0 Å². The first-order valence-electron chi connectivity index (χ1n) is 9.34. The summed E-state index contributed by atoms with van der Waals surface area (Å²) in [4.78, 5) is 31.3. The van der Waals surface area contributed by atoms with E-state index in [1.165, 1.54) is 0 Å². The Hall–Kier alpha value is -2.06. The molecule has 0 unspecified atom stereocenters. The van der Waals surface area contributed by atoms with Crippen molar-refractivity contribution in [3.05, 3.63) is 0 Å². The third kappa shape index (κ3) is 10.0. The summed E-state index contributed by atoms with van der Waals surface area (Å²) in [6, 6.07) is 0. The molecule has 0 spiro atoms. The molecule has 0 aromatic heterocycles. The molecule has 8 heteroatoms. The van der Waals surface area contributed by atoms with Gasteiger partial charge >= 0.3 is 0 Å². The van der Waals surface area contributed by atoms with Gasteiger partial charge in [-0.25, -0.2) is 0 Å². The minimum atomic E-state index is 0.758. The van der Waals surface area contributed by atoms with E-state index in [0.29, 0.717) is 0 Å². The van der Waals surface area contributed by atoms with E-state index in [4.69, 9.17) is 0 Å². The van der Waals surface area contributed by atoms with E-state index in [0.717, 1.165) is 78.5 Å². The Kier molecular flexibility index (Phi) is 11.0. The molecule has 0 amide bonds. The van der Waals surface area contributed by atoms with Gasteiger partial charge in [0.25, 0.3) is 0 Å². The predicted octanol–water partition coefficient (Wildman–Crippen LogP) is 0.0424. The SMILES string of the molecule is C1=N\CCN2CC/N=C/C=N/CCN(CC\N=C/1)CC/N=C/C=N/CC2. The monoisotopic (exact) mass is 358 g/mol. The van der Waals surface area contributed by atoms with Crippen LogP contribution in [0.1, 0.15) is 0 Å². The molecule has 0 atom stereocenters. The minimum absolute atomic E-state index is 0.758. The highest BCUT2D eigenvalue weighted by molar-refractivity contribution is 6.16. The maximum Gasteiger partial charge on any atom is 0.0517 e. The second kappa shape index (κ2) is 14.1. The average Bonchev–Trinajstić information content (AvgIpc) is 2.65. The Bertz CT molecular complexity index is 411. The number of fused-ring (bicyclic) bond motifs is 15. The second-order valence-electron chi connectivity index (χ2n) is 6.01. The minimum Gasteiger partial charge on any atom is -0.298 e. The molecule has 0 saturated heterocycles. The van der Waals surface area contributed by atoms with Gasteiger partial charge in [-0.3, -0.25) is 39.8 Å². The van der Waals surface area contributed by atoms with Gasteiger partial charge in [-0.2, -0.15) is 0 Å². The lowest BCUT2D eigenvalue weighted by Gasteiger charge is -2.19. The highest BCUT2D eigenvalue weighted by Gasteiger charge is 2.04. The van der Waals surface area contributed by atoms with Crippen molar-refractivity contribution in [1.82, 2.24) is 9.80 Å². The van der Waals surface area contributed by atoms with Crippen molar-refractivity contribution in [2.45, 2.75) is 0 Å². The maximum absolute atomic E-state index is 4.43. The van der Waals surface area contributed by atoms with Crippen molar-refractivity contribution in [2.75, 3.05) is 78.5 Å². The molecule has 0 fully saturated rings. The van der Waals surface area contributed by atoms with Gasteiger partial charge in [0.2, 0.25) is 0 Å². The number of hydrogen-bond acceptors (Lipinski definition) is 8. The Morgan fingerprint density at radius 1 is 0.346 bits per heavy atom. The fraction of sp³-hybridized carbons (Fsp3) is 0.667. The summed E-state index contributed by atoms with van der Waals surface area (Å²) in [5.74, 6) is 0. The van der Waals surface area contributed by atoms with Crippen LogP contribution in [0.3, 0.4) is 0 Å². The number of hydrogen-bond donors (Lipinski definition) is 0. The van der Waals surface area contributed by atoms with E-state index >= 15 is 0 Å². The molecule has 8 nitrogen and oxygen atoms in total. The van der Waals surface area contributed by atoms with Gasteiger partial charge < -0.3 is 0 Å². The Morgan fingerprint density at radius 2 is 0.538 bits per heavy atom. The van der Waals surface area contributed by atoms with Gasteiger partial charge in [0, 0.05) is 76.6 Å². The lowest BCUT2D eigenvalue weighted by Crippen LogP contribution is -2.32. The molecule has 26 heavy (non-hydrogen) atoms. The molecule has 0 aromatic rings. The molecule has 0 N–H and O–H groups in total. The van der Waals surface area contributed by atoms with Crippen molar-refractivity contribution >= 4 is 37.3 Å². The summed E-state index contributed by atoms with van der Waals surface area (Å²) in [5, 5.41) is 0. The summed E-state index contributed by atoms with van der Waals surface area (Å²) in [7, 11) is 0. The summed E-state index contributed by atoms with van der Waals surface area (Å²) >= 11 is 0. The van der Waals surface area contributed by atoms with Crippen LogP contribution in [0.5, 0.6) is 0 Å². The quantitative estimate of drug-likeness (QED) is 0.613. The van der Waals surface area contributed by atoms with E-state index in [1.807, 2.05) is 0 Å². The summed E-state index contributed by atoms with van der Waals surface area (Å²) in [6.45, 7) is 9.92. The number of aliphatic imine (C=N–C) groups is 6. The molecule has 3 heterocycles. The fourth-order valence-electron chi connectivity index (χ4n) is 2.60. The molecule has 0 radical (unpaired) electrons. The maximum atomic E-state index is 4.43. The Morgan fingerprint density at radius 3 is 0.731 bits per heavy atom. The molecular weight excluding hydrogens is 328 g/mol. The predicted molar refractivity (Wildman–Crippen MR) is 113 cm³/mol. The van der Waals surface area contributed by atoms with E-state index < -0.39 is 0 Å². The van der Waals surface area contributed by atoms with Gasteiger partial charge in [0.05, 0.1) is 39.3 Å². The second-order valence-corrected chi connectivity index (χ2v) is 6.01. The van der Waals surface area contributed by atoms with Crippen molar-refractivity contribution in [2.24, 2.45) is 30.0 Å². The lowest BCUT2D eigenvalue weighted by molar-refractivity contribution is 0.298. The third-order valence-electron chi connectivity index (χ3n) is 4.10. The first-order valence-corrected chi connectivity index (χ1v) is 9.34. The highest BCUT2D eigenvalue weighted by atomic mass is 15.2. The molecule has 2 bridgehead atoms. The molecule has 142 valence electrons. The van der Waals surface area contributed by atoms with E-state index in [9.17, 15) is 0 Å². The van der Waals surface area contributed by atoms with Crippen molar-refractivity contribution in [3.8, 4) is 0 Å². The fourth-order valence-corrected chi connectivity index (χ4v) is 2.60. The van der Waals surface area contributed by atoms with Gasteiger partial charge in [-0.05, 0) is 0 Å². The molecule has 3 rings (SSSR count). The molecule has 3 aliphatic rings. The first-order chi connectivity index (χ1) is 12.9. The van der Waals surface area contributed by atoms with Crippen molar-refractivity contribution < 1.29 is 0 Å². The van der Waals surface area contributed by atoms with Crippen LogP contribution in [-0.4, -0.2) is 126 Å². The summed E-state index contributed by atoms with van der Waals surface area (Å²) in [6.07, 6.45) is 10.8. The Labute approximate surface area is 156 Å². The molecule has 0 aromatic carbocycles. The van der Waals surface area contributed by atoms with E-state index in [-0.39, 0.29) is 0 Å². The standard InChI is InChI=1S/C18H30N8/c1-2-20-8-14-26-17-11-23-5-3-21-9-15-25(13-7-19-1)16-10-22-4-6-24-12-18-26/h1-6H,7-18H2/b19-1-,20-2-,21-3+,22-4+,23-5+,24-6+. The zero-order valence-electron chi connectivity index (χ0n) is 15.5. The zero-order valence-corrected chi connectivity index (χ0v) is 15.5. The first kappa shape index (κ1) is 20.3. The lowest BCUT2D eigenvalue weighted by atomic mass is 10.4. The number of rotatable bonds is 0.